The molecule has 1 aliphatic rings. The zero-order valence-corrected chi connectivity index (χ0v) is 12.1. The van der Waals surface area contributed by atoms with Crippen LogP contribution in [-0.2, 0) is 0 Å². The first-order valence-electron chi connectivity index (χ1n) is 4.57. The molecular weight excluding hydrogens is 362 g/mol. The van der Waals surface area contributed by atoms with Gasteiger partial charge in [-0.1, -0.05) is 27.3 Å². The lowest BCUT2D eigenvalue weighted by Gasteiger charge is -2.16. The molecule has 16 heavy (non-hydrogen) atoms. The van der Waals surface area contributed by atoms with Crippen molar-refractivity contribution in [2.75, 3.05) is 23.3 Å². The Hall–Kier alpha value is -0.180. The quantitative estimate of drug-likeness (QED) is 0.826. The van der Waals surface area contributed by atoms with E-state index in [1.165, 1.54) is 16.2 Å². The Balaban J connectivity index is 2.19. The maximum absolute atomic E-state index is 11.9. The van der Waals surface area contributed by atoms with Crippen molar-refractivity contribution < 1.29 is 9.90 Å². The van der Waals surface area contributed by atoms with Gasteiger partial charge in [0.05, 0.1) is 16.5 Å². The van der Waals surface area contributed by atoms with Gasteiger partial charge in [-0.25, -0.2) is 14.7 Å². The van der Waals surface area contributed by atoms with Gasteiger partial charge in [0.1, 0.15) is 0 Å². The fourth-order valence-corrected chi connectivity index (χ4v) is 3.14. The molecule has 0 aliphatic carbocycles. The normalized spacial score (nSPS) is 20.9. The molecule has 0 aromatic carbocycles. The summed E-state index contributed by atoms with van der Waals surface area (Å²) in [6, 6.07) is -0.200. The molecule has 1 unspecified atom stereocenters. The van der Waals surface area contributed by atoms with Crippen LogP contribution in [-0.4, -0.2) is 45.7 Å². The minimum Gasteiger partial charge on any atom is -0.371 e. The maximum atomic E-state index is 11.9. The van der Waals surface area contributed by atoms with Crippen molar-refractivity contribution in [2.45, 2.75) is 6.23 Å². The summed E-state index contributed by atoms with van der Waals surface area (Å²) in [5.41, 5.74) is 0. The first-order valence-corrected chi connectivity index (χ1v) is 7.30. The molecule has 0 radical (unpaired) electrons. The van der Waals surface area contributed by atoms with Gasteiger partial charge in [0.2, 0.25) is 0 Å². The molecule has 1 aromatic rings. The van der Waals surface area contributed by atoms with Crippen LogP contribution >= 0.6 is 43.2 Å². The number of halogens is 2. The minimum absolute atomic E-state index is 0.200. The zero-order chi connectivity index (χ0) is 11.7. The van der Waals surface area contributed by atoms with Gasteiger partial charge in [-0.2, -0.15) is 0 Å². The highest BCUT2D eigenvalue weighted by Gasteiger charge is 2.38. The molecule has 2 amide bonds. The van der Waals surface area contributed by atoms with Crippen LogP contribution in [0.3, 0.4) is 0 Å². The summed E-state index contributed by atoms with van der Waals surface area (Å²) in [5, 5.41) is 11.0. The largest absolute Gasteiger partial charge is 0.371 e. The molecule has 0 spiro atoms. The second-order valence-corrected chi connectivity index (χ2v) is 6.40. The van der Waals surface area contributed by atoms with Crippen LogP contribution in [0.25, 0.3) is 0 Å². The fraction of sp³-hybridized carbons (Fsp3) is 0.500. The van der Waals surface area contributed by atoms with E-state index in [1.54, 1.807) is 11.1 Å². The smallest absolute Gasteiger partial charge is 0.328 e. The number of anilines is 1. The van der Waals surface area contributed by atoms with E-state index in [2.05, 4.69) is 36.8 Å². The second kappa shape index (κ2) is 4.99. The lowest BCUT2D eigenvalue weighted by atomic mass is 10.5. The molecule has 2 rings (SSSR count). The lowest BCUT2D eigenvalue weighted by Crippen LogP contribution is -2.35. The number of hydrogen-bond donors (Lipinski definition) is 1. The van der Waals surface area contributed by atoms with Gasteiger partial charge in [-0.05, 0) is 15.9 Å². The van der Waals surface area contributed by atoms with Gasteiger partial charge in [0, 0.05) is 11.9 Å². The van der Waals surface area contributed by atoms with Crippen molar-refractivity contribution in [2.24, 2.45) is 0 Å². The molecule has 1 fully saturated rings. The van der Waals surface area contributed by atoms with E-state index in [-0.39, 0.29) is 6.03 Å². The van der Waals surface area contributed by atoms with Crippen LogP contribution in [0.1, 0.15) is 0 Å². The average Bonchev–Trinajstić information content (AvgIpc) is 2.74. The maximum Gasteiger partial charge on any atom is 0.328 e. The van der Waals surface area contributed by atoms with E-state index in [0.717, 1.165) is 3.79 Å². The Morgan fingerprint density at radius 2 is 2.44 bits per heavy atom. The monoisotopic (exact) mass is 369 g/mol. The van der Waals surface area contributed by atoms with Crippen LogP contribution in [0.2, 0.25) is 0 Å². The molecule has 88 valence electrons. The Morgan fingerprint density at radius 3 is 3.00 bits per heavy atom. The lowest BCUT2D eigenvalue weighted by molar-refractivity contribution is 0.179. The number of aliphatic hydroxyl groups is 1. The molecule has 1 atom stereocenters. The zero-order valence-electron chi connectivity index (χ0n) is 8.14. The standard InChI is InChI=1S/C8H9Br2N3O2S/c9-1-2-12-4-6(14)13(8(12)15)7-11-3-5(10)16-7/h3,6,14H,1-2,4H2. The van der Waals surface area contributed by atoms with Crippen molar-refractivity contribution in [1.82, 2.24) is 9.88 Å². The molecule has 5 nitrogen and oxygen atoms in total. The van der Waals surface area contributed by atoms with Crippen LogP contribution in [0.4, 0.5) is 9.93 Å². The van der Waals surface area contributed by atoms with E-state index in [9.17, 15) is 9.90 Å². The van der Waals surface area contributed by atoms with Crippen LogP contribution in [0.15, 0.2) is 9.98 Å². The number of rotatable bonds is 3. The van der Waals surface area contributed by atoms with Gasteiger partial charge < -0.3 is 10.0 Å². The third-order valence-corrected chi connectivity index (χ3v) is 4.01. The number of hydrogen-bond acceptors (Lipinski definition) is 4. The number of urea groups is 1. The number of carbonyl (C=O) groups is 1. The summed E-state index contributed by atoms with van der Waals surface area (Å²) < 4.78 is 0.835. The summed E-state index contributed by atoms with van der Waals surface area (Å²) in [6.45, 7) is 0.903. The summed E-state index contributed by atoms with van der Waals surface area (Å²) in [5.74, 6) is 0. The summed E-state index contributed by atoms with van der Waals surface area (Å²) in [7, 11) is 0. The van der Waals surface area contributed by atoms with Gasteiger partial charge in [0.25, 0.3) is 0 Å². The predicted octanol–water partition coefficient (Wildman–Crippen LogP) is 1.86. The Bertz CT molecular complexity index is 400. The highest BCUT2D eigenvalue weighted by molar-refractivity contribution is 9.11. The number of aromatic nitrogens is 1. The SMILES string of the molecule is O=C1N(CCBr)CC(O)N1c1ncc(Br)s1. The van der Waals surface area contributed by atoms with Crippen molar-refractivity contribution >= 4 is 54.4 Å². The van der Waals surface area contributed by atoms with Crippen molar-refractivity contribution in [3.63, 3.8) is 0 Å². The third-order valence-electron chi connectivity index (χ3n) is 2.18. The van der Waals surface area contributed by atoms with E-state index in [0.29, 0.717) is 23.6 Å². The molecule has 0 bridgehead atoms. The molecule has 8 heteroatoms. The van der Waals surface area contributed by atoms with E-state index in [4.69, 9.17) is 0 Å². The highest BCUT2D eigenvalue weighted by Crippen LogP contribution is 2.30. The molecular formula is C8H9Br2N3O2S. The molecule has 1 saturated heterocycles. The first kappa shape index (κ1) is 12.3. The molecule has 1 aromatic heterocycles. The number of nitrogens with zero attached hydrogens (tertiary/aromatic N) is 3. The van der Waals surface area contributed by atoms with E-state index < -0.39 is 6.23 Å². The van der Waals surface area contributed by atoms with Crippen molar-refractivity contribution in [3.05, 3.63) is 9.98 Å². The number of aliphatic hydroxyl groups excluding tert-OH is 1. The minimum atomic E-state index is -0.815. The average molecular weight is 371 g/mol. The number of amides is 2. The van der Waals surface area contributed by atoms with Gasteiger partial charge in [-0.15, -0.1) is 0 Å². The number of thiazole rings is 1. The first-order chi connectivity index (χ1) is 7.63. The van der Waals surface area contributed by atoms with Crippen molar-refractivity contribution in [1.29, 1.82) is 0 Å². The van der Waals surface area contributed by atoms with E-state index >= 15 is 0 Å². The number of β-amino-alcohol motifs (C(OH)–C–C–N with tert-alkyl or cyclic N) is 1. The Morgan fingerprint density at radius 1 is 1.69 bits per heavy atom. The predicted molar refractivity (Wildman–Crippen MR) is 69.1 cm³/mol. The molecule has 0 saturated carbocycles. The van der Waals surface area contributed by atoms with Crippen molar-refractivity contribution in [3.8, 4) is 0 Å². The van der Waals surface area contributed by atoms with Gasteiger partial charge >= 0.3 is 6.03 Å². The highest BCUT2D eigenvalue weighted by atomic mass is 79.9. The molecule has 1 N–H and O–H groups in total. The third kappa shape index (κ3) is 2.24. The van der Waals surface area contributed by atoms with Crippen LogP contribution < -0.4 is 4.90 Å². The van der Waals surface area contributed by atoms with E-state index in [1.807, 2.05) is 0 Å². The van der Waals surface area contributed by atoms with Crippen LogP contribution in [0.5, 0.6) is 0 Å². The summed E-state index contributed by atoms with van der Waals surface area (Å²) in [4.78, 5) is 18.9. The fourth-order valence-electron chi connectivity index (χ4n) is 1.49. The second-order valence-electron chi connectivity index (χ2n) is 3.22. The summed E-state index contributed by atoms with van der Waals surface area (Å²) >= 11 is 7.88. The van der Waals surface area contributed by atoms with Gasteiger partial charge in [0.15, 0.2) is 11.4 Å². The van der Waals surface area contributed by atoms with Gasteiger partial charge in [-0.3, -0.25) is 0 Å². The topological polar surface area (TPSA) is 56.7 Å². The van der Waals surface area contributed by atoms with Crippen LogP contribution in [0, 0.1) is 0 Å². The number of carbonyl (C=O) groups excluding carboxylic acids is 1. The Kier molecular flexibility index (Phi) is 3.83. The Labute approximate surface area is 113 Å². The molecule has 1 aliphatic heterocycles. The summed E-state index contributed by atoms with van der Waals surface area (Å²) in [6.07, 6.45) is 0.803. The number of alkyl halides is 1. The molecule has 2 heterocycles.